The molecule has 1 heterocycles. The fourth-order valence-electron chi connectivity index (χ4n) is 2.55. The van der Waals surface area contributed by atoms with Gasteiger partial charge in [0.25, 0.3) is 0 Å². The van der Waals surface area contributed by atoms with Crippen molar-refractivity contribution in [1.82, 2.24) is 0 Å². The third kappa shape index (κ3) is 1.83. The van der Waals surface area contributed by atoms with E-state index < -0.39 is 0 Å². The summed E-state index contributed by atoms with van der Waals surface area (Å²) in [5.41, 5.74) is 3.82. The molecular weight excluding hydrogens is 228 g/mol. The Morgan fingerprint density at radius 1 is 1.18 bits per heavy atom. The quantitative estimate of drug-likeness (QED) is 0.735. The number of ketones is 1. The molecule has 0 aliphatic heterocycles. The number of hydrogen-bond donors (Lipinski definition) is 0. The van der Waals surface area contributed by atoms with Crippen LogP contribution in [0.1, 0.15) is 26.4 Å². The Kier molecular flexibility index (Phi) is 2.60. The van der Waals surface area contributed by atoms with Crippen LogP contribution in [0.2, 0.25) is 0 Å². The maximum atomic E-state index is 12.4. The van der Waals surface area contributed by atoms with Gasteiger partial charge in [0.15, 0.2) is 5.78 Å². The van der Waals surface area contributed by atoms with Crippen LogP contribution in [-0.4, -0.2) is 5.78 Å². The van der Waals surface area contributed by atoms with Crippen molar-refractivity contribution in [3.8, 4) is 0 Å². The molecule has 0 saturated carbocycles. The maximum absolute atomic E-state index is 12.4. The topological polar surface area (TPSA) is 17.1 Å². The van der Waals surface area contributed by atoms with Gasteiger partial charge in [-0.2, -0.15) is 0 Å². The number of benzene rings is 1. The molecule has 2 heteroatoms. The van der Waals surface area contributed by atoms with E-state index in [1.807, 2.05) is 18.4 Å². The smallest absolute Gasteiger partial charge is 0.176 e. The lowest BCUT2D eigenvalue weighted by atomic mass is 9.98. The minimum Gasteiger partial charge on any atom is -0.293 e. The zero-order chi connectivity index (χ0) is 11.8. The average molecular weight is 242 g/mol. The van der Waals surface area contributed by atoms with E-state index in [9.17, 15) is 4.79 Å². The highest BCUT2D eigenvalue weighted by atomic mass is 32.1. The predicted octanol–water partition coefficient (Wildman–Crippen LogP) is 3.65. The molecule has 0 bridgehead atoms. The molecule has 0 N–H and O–H groups in total. The number of thiophene rings is 1. The van der Waals surface area contributed by atoms with Gasteiger partial charge in [-0.05, 0) is 47.9 Å². The molecule has 1 aromatic heterocycles. The van der Waals surface area contributed by atoms with Crippen LogP contribution in [0.25, 0.3) is 0 Å². The predicted molar refractivity (Wildman–Crippen MR) is 70.7 cm³/mol. The molecule has 1 nitrogen and oxygen atoms in total. The van der Waals surface area contributed by atoms with Gasteiger partial charge in [-0.3, -0.25) is 4.79 Å². The van der Waals surface area contributed by atoms with Gasteiger partial charge in [0, 0.05) is 5.92 Å². The first-order chi connectivity index (χ1) is 8.25. The summed E-state index contributed by atoms with van der Waals surface area (Å²) in [5, 5.41) is 2.00. The average Bonchev–Trinajstić information content (AvgIpc) is 2.93. The lowest BCUT2D eigenvalue weighted by Gasteiger charge is -2.06. The lowest BCUT2D eigenvalue weighted by molar-refractivity contribution is 0.0928. The highest BCUT2D eigenvalue weighted by Gasteiger charge is 2.28. The second-order valence-corrected chi connectivity index (χ2v) is 5.59. The van der Waals surface area contributed by atoms with Crippen molar-refractivity contribution in [3.05, 3.63) is 57.3 Å². The fraction of sp³-hybridized carbons (Fsp3) is 0.267. The highest BCUT2D eigenvalue weighted by Crippen LogP contribution is 2.31. The van der Waals surface area contributed by atoms with Crippen LogP contribution in [0.15, 0.2) is 35.7 Å². The molecule has 0 unspecified atom stereocenters. The minimum absolute atomic E-state index is 0.157. The van der Waals surface area contributed by atoms with E-state index in [0.29, 0.717) is 5.78 Å². The molecular formula is C15H14OS. The number of carbonyl (C=O) groups is 1. The molecule has 0 saturated heterocycles. The SMILES string of the molecule is Cc1ccsc1C(=O)C1Cc2ccccc2C1. The summed E-state index contributed by atoms with van der Waals surface area (Å²) >= 11 is 1.57. The van der Waals surface area contributed by atoms with E-state index in [1.165, 1.54) is 11.1 Å². The first kappa shape index (κ1) is 10.7. The summed E-state index contributed by atoms with van der Waals surface area (Å²) in [6.07, 6.45) is 1.82. The molecule has 2 aromatic rings. The van der Waals surface area contributed by atoms with E-state index in [0.717, 1.165) is 23.3 Å². The fourth-order valence-corrected chi connectivity index (χ4v) is 3.50. The van der Waals surface area contributed by atoms with Crippen molar-refractivity contribution in [1.29, 1.82) is 0 Å². The van der Waals surface area contributed by atoms with Crippen molar-refractivity contribution in [2.75, 3.05) is 0 Å². The maximum Gasteiger partial charge on any atom is 0.176 e. The number of carbonyl (C=O) groups excluding carboxylic acids is 1. The van der Waals surface area contributed by atoms with E-state index in [1.54, 1.807) is 11.3 Å². The normalized spacial score (nSPS) is 14.9. The minimum atomic E-state index is 0.157. The molecule has 86 valence electrons. The molecule has 0 radical (unpaired) electrons. The lowest BCUT2D eigenvalue weighted by Crippen LogP contribution is -2.14. The number of aryl methyl sites for hydroxylation is 1. The summed E-state index contributed by atoms with van der Waals surface area (Å²) in [6.45, 7) is 2.02. The Hall–Kier alpha value is -1.41. The van der Waals surface area contributed by atoms with E-state index >= 15 is 0 Å². The summed E-state index contributed by atoms with van der Waals surface area (Å²) in [7, 11) is 0. The van der Waals surface area contributed by atoms with Gasteiger partial charge >= 0.3 is 0 Å². The van der Waals surface area contributed by atoms with Crippen molar-refractivity contribution in [3.63, 3.8) is 0 Å². The molecule has 3 rings (SSSR count). The van der Waals surface area contributed by atoms with Crippen molar-refractivity contribution in [2.24, 2.45) is 5.92 Å². The molecule has 1 aliphatic carbocycles. The number of rotatable bonds is 2. The van der Waals surface area contributed by atoms with Crippen LogP contribution in [-0.2, 0) is 12.8 Å². The standard InChI is InChI=1S/C15H14OS/c1-10-6-7-17-15(10)14(16)13-8-11-4-2-3-5-12(11)9-13/h2-7,13H,8-9H2,1H3. The summed E-state index contributed by atoms with van der Waals surface area (Å²) in [4.78, 5) is 13.4. The number of fused-ring (bicyclic) bond motifs is 1. The molecule has 0 atom stereocenters. The van der Waals surface area contributed by atoms with Crippen molar-refractivity contribution < 1.29 is 4.79 Å². The van der Waals surface area contributed by atoms with Gasteiger partial charge in [-0.15, -0.1) is 11.3 Å². The van der Waals surface area contributed by atoms with Crippen molar-refractivity contribution >= 4 is 17.1 Å². The van der Waals surface area contributed by atoms with Crippen molar-refractivity contribution in [2.45, 2.75) is 19.8 Å². The Balaban J connectivity index is 1.86. The third-order valence-electron chi connectivity index (χ3n) is 3.51. The number of hydrogen-bond acceptors (Lipinski definition) is 2. The van der Waals surface area contributed by atoms with Crippen LogP contribution >= 0.6 is 11.3 Å². The van der Waals surface area contributed by atoms with Gasteiger partial charge in [0.05, 0.1) is 4.88 Å². The Bertz CT molecular complexity index is 543. The Labute approximate surface area is 105 Å². The van der Waals surface area contributed by atoms with Crippen LogP contribution < -0.4 is 0 Å². The van der Waals surface area contributed by atoms with Gasteiger partial charge < -0.3 is 0 Å². The molecule has 0 fully saturated rings. The van der Waals surface area contributed by atoms with E-state index in [4.69, 9.17) is 0 Å². The van der Waals surface area contributed by atoms with E-state index in [2.05, 4.69) is 24.3 Å². The first-order valence-electron chi connectivity index (χ1n) is 5.91. The number of Topliss-reactive ketones (excluding diaryl/α,β-unsaturated/α-hetero) is 1. The van der Waals surface area contributed by atoms with Crippen LogP contribution in [0, 0.1) is 12.8 Å². The van der Waals surface area contributed by atoms with Gasteiger partial charge in [-0.25, -0.2) is 0 Å². The van der Waals surface area contributed by atoms with Gasteiger partial charge in [0.2, 0.25) is 0 Å². The van der Waals surface area contributed by atoms with E-state index in [-0.39, 0.29) is 5.92 Å². The first-order valence-corrected chi connectivity index (χ1v) is 6.79. The summed E-state index contributed by atoms with van der Waals surface area (Å²) in [5.74, 6) is 0.485. The van der Waals surface area contributed by atoms with Crippen LogP contribution in [0.4, 0.5) is 0 Å². The Morgan fingerprint density at radius 2 is 1.82 bits per heavy atom. The molecule has 1 aromatic carbocycles. The molecule has 0 amide bonds. The van der Waals surface area contributed by atoms with Gasteiger partial charge in [-0.1, -0.05) is 24.3 Å². The summed E-state index contributed by atoms with van der Waals surface area (Å²) < 4.78 is 0. The van der Waals surface area contributed by atoms with Gasteiger partial charge in [0.1, 0.15) is 0 Å². The van der Waals surface area contributed by atoms with Crippen LogP contribution in [0.5, 0.6) is 0 Å². The zero-order valence-corrected chi connectivity index (χ0v) is 10.6. The molecule has 0 spiro atoms. The largest absolute Gasteiger partial charge is 0.293 e. The monoisotopic (exact) mass is 242 g/mol. The Morgan fingerprint density at radius 3 is 2.35 bits per heavy atom. The second-order valence-electron chi connectivity index (χ2n) is 4.67. The molecule has 17 heavy (non-hydrogen) atoms. The molecule has 1 aliphatic rings. The van der Waals surface area contributed by atoms with Crippen LogP contribution in [0.3, 0.4) is 0 Å². The third-order valence-corrected chi connectivity index (χ3v) is 4.54. The highest BCUT2D eigenvalue weighted by molar-refractivity contribution is 7.12. The zero-order valence-electron chi connectivity index (χ0n) is 9.77. The summed E-state index contributed by atoms with van der Waals surface area (Å²) in [6, 6.07) is 10.4. The second kappa shape index (κ2) is 4.11.